The van der Waals surface area contributed by atoms with Crippen molar-refractivity contribution in [1.29, 1.82) is 0 Å². The van der Waals surface area contributed by atoms with Crippen LogP contribution >= 0.6 is 0 Å². The van der Waals surface area contributed by atoms with E-state index in [0.29, 0.717) is 12.5 Å². The summed E-state index contributed by atoms with van der Waals surface area (Å²) in [6, 6.07) is 8.42. The predicted octanol–water partition coefficient (Wildman–Crippen LogP) is 3.76. The maximum atomic E-state index is 13.0. The lowest BCUT2D eigenvalue weighted by atomic mass is 9.80. The number of fused-ring (bicyclic) bond motifs is 1. The standard InChI is InChI=1S/C22H32N2O/c1-17-15-22(2,3)24(20-12-8-7-11-19(17)20)21(25)16-23-14-13-18-9-5-4-6-10-18/h7-9,11-12,17,23H,4-6,10,13-16H2,1-3H3/p+1/t17-/m0/s1. The van der Waals surface area contributed by atoms with E-state index in [-0.39, 0.29) is 11.4 Å². The summed E-state index contributed by atoms with van der Waals surface area (Å²) in [5.74, 6) is 0.736. The fourth-order valence-electron chi connectivity index (χ4n) is 4.59. The Hall–Kier alpha value is -1.61. The molecule has 1 aliphatic heterocycles. The van der Waals surface area contributed by atoms with Crippen molar-refractivity contribution >= 4 is 11.6 Å². The second-order valence-corrected chi connectivity index (χ2v) is 8.35. The predicted molar refractivity (Wildman–Crippen MR) is 104 cm³/mol. The lowest BCUT2D eigenvalue weighted by Gasteiger charge is -2.45. The highest BCUT2D eigenvalue weighted by atomic mass is 16.2. The number of hydrogen-bond donors (Lipinski definition) is 1. The molecule has 2 N–H and O–H groups in total. The molecule has 0 saturated heterocycles. The van der Waals surface area contributed by atoms with Crippen molar-refractivity contribution < 1.29 is 10.1 Å². The summed E-state index contributed by atoms with van der Waals surface area (Å²) >= 11 is 0. The van der Waals surface area contributed by atoms with E-state index in [1.807, 2.05) is 6.07 Å². The molecular weight excluding hydrogens is 308 g/mol. The number of allylic oxidation sites excluding steroid dienone is 1. The molecule has 1 amide bonds. The second-order valence-electron chi connectivity index (χ2n) is 8.35. The quantitative estimate of drug-likeness (QED) is 0.642. The summed E-state index contributed by atoms with van der Waals surface area (Å²) in [5, 5.41) is 2.19. The highest BCUT2D eigenvalue weighted by molar-refractivity contribution is 5.96. The summed E-state index contributed by atoms with van der Waals surface area (Å²) in [4.78, 5) is 15.1. The van der Waals surface area contributed by atoms with Gasteiger partial charge in [0.25, 0.3) is 5.91 Å². The molecule has 3 rings (SSSR count). The molecule has 0 saturated carbocycles. The molecule has 136 valence electrons. The van der Waals surface area contributed by atoms with Gasteiger partial charge in [0.15, 0.2) is 6.54 Å². The maximum absolute atomic E-state index is 13.0. The lowest BCUT2D eigenvalue weighted by Crippen LogP contribution is -2.87. The van der Waals surface area contributed by atoms with Crippen LogP contribution in [0.15, 0.2) is 35.9 Å². The van der Waals surface area contributed by atoms with Gasteiger partial charge in [-0.15, -0.1) is 0 Å². The fraction of sp³-hybridized carbons (Fsp3) is 0.591. The van der Waals surface area contributed by atoms with Gasteiger partial charge in [-0.3, -0.25) is 4.79 Å². The smallest absolute Gasteiger partial charge is 0.282 e. The van der Waals surface area contributed by atoms with E-state index >= 15 is 0 Å². The normalized spacial score (nSPS) is 22.3. The molecule has 3 nitrogen and oxygen atoms in total. The number of benzene rings is 1. The lowest BCUT2D eigenvalue weighted by molar-refractivity contribution is -0.643. The Morgan fingerprint density at radius 1 is 1.28 bits per heavy atom. The minimum absolute atomic E-state index is 0.120. The van der Waals surface area contributed by atoms with Gasteiger partial charge in [-0.1, -0.05) is 36.8 Å². The van der Waals surface area contributed by atoms with Crippen molar-refractivity contribution in [2.24, 2.45) is 0 Å². The third kappa shape index (κ3) is 4.14. The molecule has 0 unspecified atom stereocenters. The Morgan fingerprint density at radius 2 is 2.08 bits per heavy atom. The maximum Gasteiger partial charge on any atom is 0.282 e. The summed E-state index contributed by atoms with van der Waals surface area (Å²) in [6.45, 7) is 8.23. The topological polar surface area (TPSA) is 36.9 Å². The first-order chi connectivity index (χ1) is 12.0. The van der Waals surface area contributed by atoms with Crippen LogP contribution in [-0.2, 0) is 4.79 Å². The first-order valence-electron chi connectivity index (χ1n) is 9.90. The summed E-state index contributed by atoms with van der Waals surface area (Å²) in [5.41, 5.74) is 3.89. The minimum Gasteiger partial charge on any atom is -0.338 e. The van der Waals surface area contributed by atoms with Gasteiger partial charge in [0.2, 0.25) is 0 Å². The fourth-order valence-corrected chi connectivity index (χ4v) is 4.59. The average Bonchev–Trinajstić information content (AvgIpc) is 2.59. The van der Waals surface area contributed by atoms with E-state index < -0.39 is 0 Å². The number of nitrogens with zero attached hydrogens (tertiary/aromatic N) is 1. The molecule has 0 bridgehead atoms. The Kier molecular flexibility index (Phi) is 5.63. The zero-order valence-corrected chi connectivity index (χ0v) is 16.1. The number of para-hydroxylation sites is 1. The van der Waals surface area contributed by atoms with Gasteiger partial charge in [-0.25, -0.2) is 0 Å². The number of amides is 1. The molecule has 2 aliphatic rings. The third-order valence-corrected chi connectivity index (χ3v) is 5.74. The van der Waals surface area contributed by atoms with Gasteiger partial charge < -0.3 is 10.2 Å². The van der Waals surface area contributed by atoms with Gasteiger partial charge in [-0.2, -0.15) is 0 Å². The number of anilines is 1. The SMILES string of the molecule is C[C@H]1CC(C)(C)N(C(=O)C[NH2+]CCC2=CCCCC2)c2ccccc21. The third-order valence-electron chi connectivity index (χ3n) is 5.74. The number of rotatable bonds is 5. The summed E-state index contributed by atoms with van der Waals surface area (Å²) < 4.78 is 0. The molecule has 0 spiro atoms. The first kappa shape index (κ1) is 18.2. The van der Waals surface area contributed by atoms with Crippen LogP contribution in [0.1, 0.15) is 70.8 Å². The Labute approximate surface area is 152 Å². The van der Waals surface area contributed by atoms with E-state index in [2.05, 4.69) is 55.3 Å². The molecule has 1 aromatic carbocycles. The Balaban J connectivity index is 1.62. The van der Waals surface area contributed by atoms with Gasteiger partial charge in [0, 0.05) is 17.6 Å². The molecule has 1 aliphatic carbocycles. The molecule has 3 heteroatoms. The van der Waals surface area contributed by atoms with Crippen molar-refractivity contribution in [1.82, 2.24) is 0 Å². The van der Waals surface area contributed by atoms with Gasteiger partial charge in [-0.05, 0) is 63.5 Å². The Bertz CT molecular complexity index is 647. The van der Waals surface area contributed by atoms with Gasteiger partial charge >= 0.3 is 0 Å². The van der Waals surface area contributed by atoms with Crippen LogP contribution in [0.4, 0.5) is 5.69 Å². The molecule has 0 fully saturated rings. The molecule has 1 aromatic rings. The molecular formula is C22H33N2O+. The number of nitrogens with two attached hydrogens (primary N) is 1. The molecule has 0 aromatic heterocycles. The number of carbonyl (C=O) groups excluding carboxylic acids is 1. The summed E-state index contributed by atoms with van der Waals surface area (Å²) in [6.07, 6.45) is 9.73. The minimum atomic E-state index is -0.120. The van der Waals surface area contributed by atoms with E-state index in [1.165, 1.54) is 31.2 Å². The first-order valence-corrected chi connectivity index (χ1v) is 9.90. The van der Waals surface area contributed by atoms with Crippen molar-refractivity contribution in [3.63, 3.8) is 0 Å². The highest BCUT2D eigenvalue weighted by Crippen LogP contribution is 2.42. The van der Waals surface area contributed by atoms with Crippen LogP contribution in [0.5, 0.6) is 0 Å². The van der Waals surface area contributed by atoms with Gasteiger partial charge in [0.1, 0.15) is 0 Å². The van der Waals surface area contributed by atoms with Crippen LogP contribution in [0.25, 0.3) is 0 Å². The van der Waals surface area contributed by atoms with Crippen molar-refractivity contribution in [2.45, 2.75) is 70.8 Å². The summed E-state index contributed by atoms with van der Waals surface area (Å²) in [7, 11) is 0. The van der Waals surface area contributed by atoms with Crippen LogP contribution in [-0.4, -0.2) is 24.5 Å². The largest absolute Gasteiger partial charge is 0.338 e. The van der Waals surface area contributed by atoms with Crippen LogP contribution in [0.3, 0.4) is 0 Å². The monoisotopic (exact) mass is 341 g/mol. The van der Waals surface area contributed by atoms with E-state index in [4.69, 9.17) is 0 Å². The van der Waals surface area contributed by atoms with Crippen LogP contribution in [0, 0.1) is 0 Å². The van der Waals surface area contributed by atoms with Crippen molar-refractivity contribution in [3.8, 4) is 0 Å². The molecule has 25 heavy (non-hydrogen) atoms. The number of carbonyl (C=O) groups is 1. The van der Waals surface area contributed by atoms with E-state index in [1.54, 1.807) is 5.57 Å². The highest BCUT2D eigenvalue weighted by Gasteiger charge is 2.39. The molecule has 0 radical (unpaired) electrons. The van der Waals surface area contributed by atoms with Gasteiger partial charge in [0.05, 0.1) is 6.54 Å². The zero-order valence-electron chi connectivity index (χ0n) is 16.1. The Morgan fingerprint density at radius 3 is 2.84 bits per heavy atom. The van der Waals surface area contributed by atoms with Crippen LogP contribution < -0.4 is 10.2 Å². The van der Waals surface area contributed by atoms with Crippen molar-refractivity contribution in [3.05, 3.63) is 41.5 Å². The number of quaternary nitrogens is 1. The van der Waals surface area contributed by atoms with Crippen molar-refractivity contribution in [2.75, 3.05) is 18.0 Å². The van der Waals surface area contributed by atoms with E-state index in [0.717, 1.165) is 25.1 Å². The zero-order chi connectivity index (χ0) is 17.9. The molecule has 1 heterocycles. The van der Waals surface area contributed by atoms with Crippen LogP contribution in [0.2, 0.25) is 0 Å². The van der Waals surface area contributed by atoms with E-state index in [9.17, 15) is 4.79 Å². The second kappa shape index (κ2) is 7.74. The average molecular weight is 342 g/mol. The number of hydrogen-bond acceptors (Lipinski definition) is 1. The molecule has 1 atom stereocenters.